The summed E-state index contributed by atoms with van der Waals surface area (Å²) in [6.45, 7) is 5.00. The molecule has 90 valence electrons. The number of ether oxygens (including phenoxy) is 1. The van der Waals surface area contributed by atoms with Gasteiger partial charge in [0, 0.05) is 24.2 Å². The molecule has 2 N–H and O–H groups in total. The number of halogens is 1. The van der Waals surface area contributed by atoms with E-state index in [2.05, 4.69) is 48.0 Å². The predicted molar refractivity (Wildman–Crippen MR) is 71.5 cm³/mol. The van der Waals surface area contributed by atoms with Crippen molar-refractivity contribution in [2.75, 3.05) is 13.7 Å². The van der Waals surface area contributed by atoms with Crippen LogP contribution in [0.25, 0.3) is 0 Å². The highest BCUT2D eigenvalue weighted by Crippen LogP contribution is 2.29. The van der Waals surface area contributed by atoms with Crippen molar-refractivity contribution in [2.45, 2.75) is 26.3 Å². The van der Waals surface area contributed by atoms with Crippen molar-refractivity contribution in [1.82, 2.24) is 0 Å². The first kappa shape index (κ1) is 13.7. The van der Waals surface area contributed by atoms with Crippen LogP contribution in [0.2, 0.25) is 0 Å². The molecule has 0 saturated heterocycles. The lowest BCUT2D eigenvalue weighted by atomic mass is 9.92. The fourth-order valence-electron chi connectivity index (χ4n) is 1.69. The van der Waals surface area contributed by atoms with Gasteiger partial charge in [0.05, 0.1) is 0 Å². The second-order valence-corrected chi connectivity index (χ2v) is 5.16. The van der Waals surface area contributed by atoms with E-state index >= 15 is 0 Å². The minimum atomic E-state index is 0.0603. The van der Waals surface area contributed by atoms with Gasteiger partial charge >= 0.3 is 0 Å². The van der Waals surface area contributed by atoms with E-state index in [1.54, 1.807) is 7.11 Å². The molecule has 0 bridgehead atoms. The zero-order valence-electron chi connectivity index (χ0n) is 10.2. The van der Waals surface area contributed by atoms with Crippen molar-refractivity contribution in [3.63, 3.8) is 0 Å². The molecule has 0 spiro atoms. The zero-order valence-corrected chi connectivity index (χ0v) is 11.8. The molecule has 2 atom stereocenters. The Bertz CT molecular complexity index is 341. The lowest BCUT2D eigenvalue weighted by molar-refractivity contribution is 0.174. The summed E-state index contributed by atoms with van der Waals surface area (Å²) in [6, 6.07) is 6.37. The molecule has 0 saturated carbocycles. The van der Waals surface area contributed by atoms with Gasteiger partial charge in [-0.1, -0.05) is 35.0 Å². The van der Waals surface area contributed by atoms with Gasteiger partial charge in [-0.15, -0.1) is 0 Å². The lowest BCUT2D eigenvalue weighted by Gasteiger charge is -2.21. The van der Waals surface area contributed by atoms with Crippen molar-refractivity contribution in [2.24, 2.45) is 11.7 Å². The number of methoxy groups -OCH3 is 1. The molecule has 1 rings (SSSR count). The minimum absolute atomic E-state index is 0.0603. The first-order valence-electron chi connectivity index (χ1n) is 5.56. The van der Waals surface area contributed by atoms with Gasteiger partial charge in [0.2, 0.25) is 0 Å². The molecule has 0 heterocycles. The quantitative estimate of drug-likeness (QED) is 0.900. The summed E-state index contributed by atoms with van der Waals surface area (Å²) < 4.78 is 6.18. The van der Waals surface area contributed by atoms with Crippen LogP contribution in [0.5, 0.6) is 0 Å². The molecule has 2 nitrogen and oxygen atoms in total. The minimum Gasteiger partial charge on any atom is -0.385 e. The molecular formula is C13H20BrNO. The smallest absolute Gasteiger partial charge is 0.0465 e. The summed E-state index contributed by atoms with van der Waals surface area (Å²) >= 11 is 3.57. The largest absolute Gasteiger partial charge is 0.385 e. The number of hydrogen-bond donors (Lipinski definition) is 1. The summed E-state index contributed by atoms with van der Waals surface area (Å²) in [5.74, 6) is 0.416. The first-order chi connectivity index (χ1) is 7.56. The topological polar surface area (TPSA) is 35.2 Å². The fraction of sp³-hybridized carbons (Fsp3) is 0.538. The van der Waals surface area contributed by atoms with Crippen LogP contribution >= 0.6 is 15.9 Å². The molecule has 0 amide bonds. The van der Waals surface area contributed by atoms with Gasteiger partial charge in [-0.25, -0.2) is 0 Å². The number of nitrogens with two attached hydrogens (primary N) is 1. The van der Waals surface area contributed by atoms with Crippen LogP contribution in [0.3, 0.4) is 0 Å². The molecule has 0 aliphatic carbocycles. The third kappa shape index (κ3) is 3.58. The van der Waals surface area contributed by atoms with Gasteiger partial charge in [0.15, 0.2) is 0 Å². The molecule has 3 heteroatoms. The molecule has 0 aromatic heterocycles. The molecule has 2 unspecified atom stereocenters. The Morgan fingerprint density at radius 3 is 2.69 bits per heavy atom. The summed E-state index contributed by atoms with van der Waals surface area (Å²) in [6.07, 6.45) is 0.984. The standard InChI is InChI=1S/C13H20BrNO/c1-9-4-5-11(12(14)8-9)13(15)10(2)6-7-16-3/h4-5,8,10,13H,6-7,15H2,1-3H3. The molecule has 0 aliphatic heterocycles. The molecule has 0 fully saturated rings. The van der Waals surface area contributed by atoms with Gasteiger partial charge in [0.25, 0.3) is 0 Å². The summed E-state index contributed by atoms with van der Waals surface area (Å²) in [4.78, 5) is 0. The Kier molecular flexibility index (Phi) is 5.46. The highest BCUT2D eigenvalue weighted by Gasteiger charge is 2.16. The molecule has 16 heavy (non-hydrogen) atoms. The van der Waals surface area contributed by atoms with Crippen molar-refractivity contribution in [3.8, 4) is 0 Å². The molecule has 1 aromatic rings. The van der Waals surface area contributed by atoms with E-state index in [0.29, 0.717) is 5.92 Å². The van der Waals surface area contributed by atoms with Crippen LogP contribution in [0.4, 0.5) is 0 Å². The van der Waals surface area contributed by atoms with E-state index in [1.807, 2.05) is 0 Å². The normalized spacial score (nSPS) is 14.8. The van der Waals surface area contributed by atoms with Crippen LogP contribution in [0.15, 0.2) is 22.7 Å². The fourth-order valence-corrected chi connectivity index (χ4v) is 2.45. The van der Waals surface area contributed by atoms with Gasteiger partial charge in [-0.2, -0.15) is 0 Å². The predicted octanol–water partition coefficient (Wildman–Crippen LogP) is 3.43. The maximum Gasteiger partial charge on any atom is 0.0465 e. The van der Waals surface area contributed by atoms with Crippen LogP contribution < -0.4 is 5.73 Å². The number of hydrogen-bond acceptors (Lipinski definition) is 2. The molecule has 1 aromatic carbocycles. The lowest BCUT2D eigenvalue weighted by Crippen LogP contribution is -2.20. The SMILES string of the molecule is COCCC(C)C(N)c1ccc(C)cc1Br. The summed E-state index contributed by atoms with van der Waals surface area (Å²) in [5, 5.41) is 0. The number of aryl methyl sites for hydroxylation is 1. The number of rotatable bonds is 5. The zero-order chi connectivity index (χ0) is 12.1. The van der Waals surface area contributed by atoms with Gasteiger partial charge < -0.3 is 10.5 Å². The second-order valence-electron chi connectivity index (χ2n) is 4.31. The Hall–Kier alpha value is -0.380. The van der Waals surface area contributed by atoms with E-state index in [1.165, 1.54) is 11.1 Å². The highest BCUT2D eigenvalue weighted by atomic mass is 79.9. The van der Waals surface area contributed by atoms with Gasteiger partial charge in [0.1, 0.15) is 0 Å². The van der Waals surface area contributed by atoms with E-state index in [0.717, 1.165) is 17.5 Å². The maximum absolute atomic E-state index is 6.24. The van der Waals surface area contributed by atoms with Gasteiger partial charge in [-0.05, 0) is 36.5 Å². The van der Waals surface area contributed by atoms with E-state index < -0.39 is 0 Å². The molecular weight excluding hydrogens is 266 g/mol. The average molecular weight is 286 g/mol. The van der Waals surface area contributed by atoms with Crippen molar-refractivity contribution < 1.29 is 4.74 Å². The van der Waals surface area contributed by atoms with Crippen LogP contribution in [-0.4, -0.2) is 13.7 Å². The van der Waals surface area contributed by atoms with Crippen LogP contribution in [0, 0.1) is 12.8 Å². The molecule has 0 radical (unpaired) electrons. The summed E-state index contributed by atoms with van der Waals surface area (Å²) in [7, 11) is 1.72. The van der Waals surface area contributed by atoms with E-state index in [-0.39, 0.29) is 6.04 Å². The Morgan fingerprint density at radius 2 is 2.12 bits per heavy atom. The average Bonchev–Trinajstić information content (AvgIpc) is 2.25. The summed E-state index contributed by atoms with van der Waals surface area (Å²) in [5.41, 5.74) is 8.66. The third-order valence-corrected chi connectivity index (χ3v) is 3.59. The van der Waals surface area contributed by atoms with Crippen molar-refractivity contribution in [1.29, 1.82) is 0 Å². The van der Waals surface area contributed by atoms with Crippen molar-refractivity contribution in [3.05, 3.63) is 33.8 Å². The van der Waals surface area contributed by atoms with Crippen molar-refractivity contribution >= 4 is 15.9 Å². The molecule has 0 aliphatic rings. The first-order valence-corrected chi connectivity index (χ1v) is 6.36. The van der Waals surface area contributed by atoms with Gasteiger partial charge in [-0.3, -0.25) is 0 Å². The Balaban J connectivity index is 2.75. The monoisotopic (exact) mass is 285 g/mol. The highest BCUT2D eigenvalue weighted by molar-refractivity contribution is 9.10. The maximum atomic E-state index is 6.24. The second kappa shape index (κ2) is 6.38. The van der Waals surface area contributed by atoms with E-state index in [4.69, 9.17) is 10.5 Å². The number of benzene rings is 1. The Morgan fingerprint density at radius 1 is 1.44 bits per heavy atom. The third-order valence-electron chi connectivity index (χ3n) is 2.91. The van der Waals surface area contributed by atoms with Crippen LogP contribution in [-0.2, 0) is 4.74 Å². The van der Waals surface area contributed by atoms with E-state index in [9.17, 15) is 0 Å². The van der Waals surface area contributed by atoms with Crippen LogP contribution in [0.1, 0.15) is 30.5 Å². The Labute approximate surface area is 106 Å².